The van der Waals surface area contributed by atoms with Crippen molar-refractivity contribution < 1.29 is 17.9 Å². The van der Waals surface area contributed by atoms with E-state index >= 15 is 0 Å². The number of hydrogen-bond donors (Lipinski definition) is 1. The molecule has 9 nitrogen and oxygen atoms in total. The van der Waals surface area contributed by atoms with Gasteiger partial charge in [0.25, 0.3) is 0 Å². The average Bonchev–Trinajstić information content (AvgIpc) is 3.18. The molecular formula is C20H25N5O4S. The molecular weight excluding hydrogens is 406 g/mol. The van der Waals surface area contributed by atoms with Gasteiger partial charge in [-0.15, -0.1) is 0 Å². The maximum absolute atomic E-state index is 12.7. The summed E-state index contributed by atoms with van der Waals surface area (Å²) in [5.41, 5.74) is 3.17. The van der Waals surface area contributed by atoms with Crippen molar-refractivity contribution in [2.45, 2.75) is 31.8 Å². The van der Waals surface area contributed by atoms with Crippen LogP contribution in [0, 0.1) is 13.8 Å². The molecule has 160 valence electrons. The van der Waals surface area contributed by atoms with E-state index in [1.54, 1.807) is 30.2 Å². The number of anilines is 1. The molecule has 4 rings (SSSR count). The van der Waals surface area contributed by atoms with E-state index in [0.717, 1.165) is 29.9 Å². The Morgan fingerprint density at radius 2 is 1.97 bits per heavy atom. The lowest BCUT2D eigenvalue weighted by atomic mass is 10.2. The third kappa shape index (κ3) is 4.30. The van der Waals surface area contributed by atoms with Gasteiger partial charge in [0.15, 0.2) is 0 Å². The van der Waals surface area contributed by atoms with Gasteiger partial charge in [0, 0.05) is 31.4 Å². The Morgan fingerprint density at radius 1 is 1.20 bits per heavy atom. The Labute approximate surface area is 176 Å². The van der Waals surface area contributed by atoms with E-state index in [4.69, 9.17) is 4.74 Å². The molecule has 0 saturated carbocycles. The van der Waals surface area contributed by atoms with Crippen LogP contribution in [0.2, 0.25) is 0 Å². The minimum Gasteiger partial charge on any atom is -0.378 e. The number of rotatable bonds is 5. The van der Waals surface area contributed by atoms with Gasteiger partial charge in [-0.1, -0.05) is 12.1 Å². The summed E-state index contributed by atoms with van der Waals surface area (Å²) in [6.45, 7) is 6.75. The van der Waals surface area contributed by atoms with Gasteiger partial charge in [-0.05, 0) is 31.0 Å². The topological polar surface area (TPSA) is 105 Å². The highest BCUT2D eigenvalue weighted by Crippen LogP contribution is 2.23. The third-order valence-corrected chi connectivity index (χ3v) is 6.88. The van der Waals surface area contributed by atoms with E-state index in [1.807, 2.05) is 13.0 Å². The van der Waals surface area contributed by atoms with E-state index in [1.165, 1.54) is 0 Å². The Morgan fingerprint density at radius 3 is 2.73 bits per heavy atom. The van der Waals surface area contributed by atoms with E-state index in [0.29, 0.717) is 37.8 Å². The minimum atomic E-state index is -3.77. The predicted octanol–water partition coefficient (Wildman–Crippen LogP) is 0.751. The van der Waals surface area contributed by atoms with Crippen molar-refractivity contribution in [2.75, 3.05) is 37.7 Å². The number of morpholine rings is 1. The second kappa shape index (κ2) is 8.29. The van der Waals surface area contributed by atoms with Crippen LogP contribution >= 0.6 is 0 Å². The zero-order valence-electron chi connectivity index (χ0n) is 17.1. The summed E-state index contributed by atoms with van der Waals surface area (Å²) in [6.07, 6.45) is 1.75. The van der Waals surface area contributed by atoms with E-state index < -0.39 is 10.0 Å². The summed E-state index contributed by atoms with van der Waals surface area (Å²) in [5, 5.41) is 0. The largest absolute Gasteiger partial charge is 0.378 e. The number of ether oxygens (including phenoxy) is 1. The van der Waals surface area contributed by atoms with Crippen molar-refractivity contribution in [3.63, 3.8) is 0 Å². The highest BCUT2D eigenvalue weighted by atomic mass is 32.2. The summed E-state index contributed by atoms with van der Waals surface area (Å²) in [4.78, 5) is 25.5. The van der Waals surface area contributed by atoms with Gasteiger partial charge in [-0.2, -0.15) is 0 Å². The number of carbonyl (C=O) groups is 1. The van der Waals surface area contributed by atoms with Crippen molar-refractivity contribution in [1.82, 2.24) is 19.6 Å². The molecule has 1 N–H and O–H groups in total. The van der Waals surface area contributed by atoms with Crippen LogP contribution in [0.15, 0.2) is 29.3 Å². The van der Waals surface area contributed by atoms with Gasteiger partial charge in [-0.3, -0.25) is 4.79 Å². The molecule has 2 aliphatic rings. The average molecular weight is 432 g/mol. The fraction of sp³-hybridized carbons (Fsp3) is 0.450. The monoisotopic (exact) mass is 431 g/mol. The third-order valence-electron chi connectivity index (χ3n) is 5.34. The molecule has 0 atom stereocenters. The molecule has 1 fully saturated rings. The highest BCUT2D eigenvalue weighted by molar-refractivity contribution is 7.89. The quantitative estimate of drug-likeness (QED) is 0.745. The van der Waals surface area contributed by atoms with Gasteiger partial charge in [0.2, 0.25) is 21.9 Å². The first-order valence-electron chi connectivity index (χ1n) is 9.86. The van der Waals surface area contributed by atoms with E-state index in [9.17, 15) is 13.2 Å². The van der Waals surface area contributed by atoms with Crippen molar-refractivity contribution in [1.29, 1.82) is 0 Å². The molecule has 2 aliphatic heterocycles. The number of aromatic nitrogens is 2. The van der Waals surface area contributed by atoms with Crippen LogP contribution < -0.4 is 9.62 Å². The number of sulfonamides is 1. The van der Waals surface area contributed by atoms with Crippen LogP contribution in [0.5, 0.6) is 0 Å². The molecule has 0 radical (unpaired) electrons. The fourth-order valence-corrected chi connectivity index (χ4v) is 4.88. The van der Waals surface area contributed by atoms with Crippen molar-refractivity contribution >= 4 is 21.9 Å². The van der Waals surface area contributed by atoms with Crippen LogP contribution in [-0.2, 0) is 32.6 Å². The number of nitrogens with one attached hydrogen (secondary N) is 1. The summed E-state index contributed by atoms with van der Waals surface area (Å²) in [6, 6.07) is 5.22. The number of fused-ring (bicyclic) bond motifs is 1. The Hall–Kier alpha value is -2.56. The van der Waals surface area contributed by atoms with Crippen LogP contribution in [-0.4, -0.2) is 62.0 Å². The first kappa shape index (κ1) is 20.7. The molecule has 1 aromatic carbocycles. The molecule has 1 aromatic heterocycles. The fourth-order valence-electron chi connectivity index (χ4n) is 3.58. The van der Waals surface area contributed by atoms with Crippen molar-refractivity contribution in [3.8, 4) is 0 Å². The number of carbonyl (C=O) groups excluding carboxylic acids is 1. The number of amides is 1. The van der Waals surface area contributed by atoms with E-state index in [2.05, 4.69) is 19.6 Å². The summed E-state index contributed by atoms with van der Waals surface area (Å²) >= 11 is 0. The maximum atomic E-state index is 12.7. The maximum Gasteiger partial charge on any atom is 0.241 e. The Kier molecular flexibility index (Phi) is 5.72. The number of hydrogen-bond acceptors (Lipinski definition) is 7. The van der Waals surface area contributed by atoms with Crippen molar-refractivity contribution in [3.05, 3.63) is 46.8 Å². The molecule has 3 heterocycles. The SMILES string of the molecule is Cc1ccc(C)c(S(=O)(=O)NCC(=O)N2Cc3cnc(N4CCOCC4)nc3C2)c1. The molecule has 0 aliphatic carbocycles. The normalized spacial score (nSPS) is 16.6. The minimum absolute atomic E-state index is 0.195. The lowest BCUT2D eigenvalue weighted by Gasteiger charge is -2.26. The molecule has 10 heteroatoms. The summed E-state index contributed by atoms with van der Waals surface area (Å²) in [5.74, 6) is 0.344. The van der Waals surface area contributed by atoms with Crippen LogP contribution in [0.1, 0.15) is 22.4 Å². The summed E-state index contributed by atoms with van der Waals surface area (Å²) in [7, 11) is -3.77. The lowest BCUT2D eigenvalue weighted by molar-refractivity contribution is -0.130. The highest BCUT2D eigenvalue weighted by Gasteiger charge is 2.27. The number of aryl methyl sites for hydroxylation is 2. The predicted molar refractivity (Wildman–Crippen MR) is 110 cm³/mol. The Balaban J connectivity index is 1.40. The molecule has 0 spiro atoms. The first-order valence-corrected chi connectivity index (χ1v) is 11.3. The first-order chi connectivity index (χ1) is 14.3. The van der Waals surface area contributed by atoms with Gasteiger partial charge < -0.3 is 14.5 Å². The smallest absolute Gasteiger partial charge is 0.241 e. The number of benzene rings is 1. The zero-order chi connectivity index (χ0) is 21.3. The van der Waals surface area contributed by atoms with Crippen molar-refractivity contribution in [2.24, 2.45) is 0 Å². The Bertz CT molecular complexity index is 1070. The van der Waals surface area contributed by atoms with Gasteiger partial charge in [-0.25, -0.2) is 23.1 Å². The molecule has 1 saturated heterocycles. The van der Waals surface area contributed by atoms with E-state index in [-0.39, 0.29) is 17.3 Å². The molecule has 30 heavy (non-hydrogen) atoms. The van der Waals surface area contributed by atoms with Gasteiger partial charge in [0.1, 0.15) is 0 Å². The lowest BCUT2D eigenvalue weighted by Crippen LogP contribution is -2.38. The molecule has 2 aromatic rings. The molecule has 0 bridgehead atoms. The number of nitrogens with zero attached hydrogens (tertiary/aromatic N) is 4. The molecule has 1 amide bonds. The second-order valence-corrected chi connectivity index (χ2v) is 9.32. The second-order valence-electron chi connectivity index (χ2n) is 7.58. The van der Waals surface area contributed by atoms with Crippen LogP contribution in [0.4, 0.5) is 5.95 Å². The summed E-state index contributed by atoms with van der Waals surface area (Å²) < 4.78 is 33.1. The van der Waals surface area contributed by atoms with Gasteiger partial charge >= 0.3 is 0 Å². The zero-order valence-corrected chi connectivity index (χ0v) is 17.9. The standard InChI is InChI=1S/C20H25N5O4S/c1-14-3-4-15(2)18(9-14)30(27,28)22-11-19(26)25-12-16-10-21-20(23-17(16)13-25)24-5-7-29-8-6-24/h3-4,9-10,22H,5-8,11-13H2,1-2H3. The van der Waals surface area contributed by atoms with Gasteiger partial charge in [0.05, 0.1) is 36.9 Å². The molecule has 0 unspecified atom stereocenters. The van der Waals surface area contributed by atoms with Crippen LogP contribution in [0.3, 0.4) is 0 Å². The van der Waals surface area contributed by atoms with Crippen LogP contribution in [0.25, 0.3) is 0 Å².